The van der Waals surface area contributed by atoms with Gasteiger partial charge in [-0.1, -0.05) is 6.92 Å². The van der Waals surface area contributed by atoms with Crippen molar-refractivity contribution >= 4 is 11.3 Å². The van der Waals surface area contributed by atoms with Crippen LogP contribution in [0.4, 0.5) is 0 Å². The van der Waals surface area contributed by atoms with Crippen molar-refractivity contribution < 1.29 is 4.74 Å². The van der Waals surface area contributed by atoms with Crippen LogP contribution in [-0.2, 0) is 11.2 Å². The Kier molecular flexibility index (Phi) is 5.79. The van der Waals surface area contributed by atoms with Gasteiger partial charge in [0.05, 0.1) is 11.2 Å². The van der Waals surface area contributed by atoms with Crippen LogP contribution in [0.3, 0.4) is 0 Å². The molecule has 0 aromatic carbocycles. The lowest BCUT2D eigenvalue weighted by Gasteiger charge is -2.37. The van der Waals surface area contributed by atoms with Crippen molar-refractivity contribution in [3.8, 4) is 0 Å². The minimum atomic E-state index is 0.434. The minimum Gasteiger partial charge on any atom is -0.381 e. The number of hydrogen-bond acceptors (Lipinski definition) is 4. The second kappa shape index (κ2) is 7.36. The second-order valence-electron chi connectivity index (χ2n) is 5.65. The maximum Gasteiger partial charge on any atom is 0.0797 e. The van der Waals surface area contributed by atoms with Gasteiger partial charge in [-0.3, -0.25) is 0 Å². The topological polar surface area (TPSA) is 34.2 Å². The third kappa shape index (κ3) is 4.26. The Morgan fingerprint density at radius 1 is 1.42 bits per heavy atom. The molecule has 1 N–H and O–H groups in total. The first kappa shape index (κ1) is 14.9. The molecule has 0 aliphatic carbocycles. The van der Waals surface area contributed by atoms with Crippen LogP contribution in [-0.4, -0.2) is 31.3 Å². The zero-order valence-electron chi connectivity index (χ0n) is 12.2. The van der Waals surface area contributed by atoms with Crippen LogP contribution in [0.1, 0.15) is 43.2 Å². The SMILES string of the molecule is CCCNCC1(CCc2scnc2C)CCOCC1. The van der Waals surface area contributed by atoms with E-state index in [1.54, 1.807) is 11.3 Å². The van der Waals surface area contributed by atoms with E-state index in [1.165, 1.54) is 42.7 Å². The minimum absolute atomic E-state index is 0.434. The fraction of sp³-hybridized carbons (Fsp3) is 0.800. The third-order valence-corrected chi connectivity index (χ3v) is 5.20. The first-order chi connectivity index (χ1) is 9.26. The Labute approximate surface area is 120 Å². The van der Waals surface area contributed by atoms with E-state index in [4.69, 9.17) is 4.74 Å². The van der Waals surface area contributed by atoms with E-state index in [2.05, 4.69) is 24.1 Å². The molecule has 1 aliphatic heterocycles. The van der Waals surface area contributed by atoms with Gasteiger partial charge in [0.15, 0.2) is 0 Å². The van der Waals surface area contributed by atoms with E-state index in [0.29, 0.717) is 5.41 Å². The van der Waals surface area contributed by atoms with E-state index in [-0.39, 0.29) is 0 Å². The Morgan fingerprint density at radius 2 is 2.21 bits per heavy atom. The molecule has 1 saturated heterocycles. The molecule has 2 rings (SSSR count). The van der Waals surface area contributed by atoms with Crippen molar-refractivity contribution in [3.63, 3.8) is 0 Å². The summed E-state index contributed by atoms with van der Waals surface area (Å²) in [7, 11) is 0. The quantitative estimate of drug-likeness (QED) is 0.780. The molecule has 3 nitrogen and oxygen atoms in total. The average molecular weight is 282 g/mol. The van der Waals surface area contributed by atoms with Gasteiger partial charge in [0.1, 0.15) is 0 Å². The summed E-state index contributed by atoms with van der Waals surface area (Å²) in [4.78, 5) is 5.82. The molecular formula is C15H26N2OS. The standard InChI is InChI=1S/C15H26N2OS/c1-3-8-16-11-15(6-9-18-10-7-15)5-4-14-13(2)17-12-19-14/h12,16H,3-11H2,1-2H3. The monoisotopic (exact) mass is 282 g/mol. The van der Waals surface area contributed by atoms with Crippen molar-refractivity contribution in [2.24, 2.45) is 5.41 Å². The molecule has 1 aromatic rings. The fourth-order valence-electron chi connectivity index (χ4n) is 2.79. The normalized spacial score (nSPS) is 18.6. The number of nitrogens with one attached hydrogen (secondary N) is 1. The van der Waals surface area contributed by atoms with E-state index >= 15 is 0 Å². The van der Waals surface area contributed by atoms with Crippen molar-refractivity contribution in [3.05, 3.63) is 16.1 Å². The van der Waals surface area contributed by atoms with Gasteiger partial charge in [-0.25, -0.2) is 4.98 Å². The largest absolute Gasteiger partial charge is 0.381 e. The highest BCUT2D eigenvalue weighted by Crippen LogP contribution is 2.35. The highest BCUT2D eigenvalue weighted by molar-refractivity contribution is 7.09. The average Bonchev–Trinajstić information content (AvgIpc) is 2.84. The summed E-state index contributed by atoms with van der Waals surface area (Å²) in [6, 6.07) is 0. The smallest absolute Gasteiger partial charge is 0.0797 e. The fourth-order valence-corrected chi connectivity index (χ4v) is 3.58. The summed E-state index contributed by atoms with van der Waals surface area (Å²) >= 11 is 1.80. The Bertz CT molecular complexity index is 372. The molecular weight excluding hydrogens is 256 g/mol. The molecule has 0 saturated carbocycles. The van der Waals surface area contributed by atoms with Crippen LogP contribution in [0.25, 0.3) is 0 Å². The van der Waals surface area contributed by atoms with E-state index in [0.717, 1.165) is 26.3 Å². The van der Waals surface area contributed by atoms with Crippen LogP contribution in [0.5, 0.6) is 0 Å². The molecule has 0 spiro atoms. The van der Waals surface area contributed by atoms with E-state index in [9.17, 15) is 0 Å². The van der Waals surface area contributed by atoms with Crippen molar-refractivity contribution in [1.82, 2.24) is 10.3 Å². The molecule has 0 unspecified atom stereocenters. The number of thiazole rings is 1. The number of hydrogen-bond donors (Lipinski definition) is 1. The Balaban J connectivity index is 1.91. The van der Waals surface area contributed by atoms with Crippen LogP contribution < -0.4 is 5.32 Å². The van der Waals surface area contributed by atoms with Gasteiger partial charge in [-0.15, -0.1) is 11.3 Å². The summed E-state index contributed by atoms with van der Waals surface area (Å²) in [6.45, 7) is 8.47. The maximum absolute atomic E-state index is 5.55. The molecule has 4 heteroatoms. The molecule has 1 fully saturated rings. The molecule has 0 atom stereocenters. The summed E-state index contributed by atoms with van der Waals surface area (Å²) in [5.41, 5.74) is 3.62. The van der Waals surface area contributed by atoms with Crippen molar-refractivity contribution in [2.45, 2.75) is 46.0 Å². The van der Waals surface area contributed by atoms with Gasteiger partial charge in [0.2, 0.25) is 0 Å². The van der Waals surface area contributed by atoms with E-state index in [1.807, 2.05) is 5.51 Å². The Morgan fingerprint density at radius 3 is 2.84 bits per heavy atom. The zero-order chi connectivity index (χ0) is 13.6. The van der Waals surface area contributed by atoms with Crippen molar-refractivity contribution in [1.29, 1.82) is 0 Å². The van der Waals surface area contributed by atoms with Crippen LogP contribution in [0.2, 0.25) is 0 Å². The molecule has 0 bridgehead atoms. The molecule has 1 aliphatic rings. The van der Waals surface area contributed by atoms with Gasteiger partial charge in [-0.05, 0) is 51.0 Å². The third-order valence-electron chi connectivity index (χ3n) is 4.21. The van der Waals surface area contributed by atoms with Crippen LogP contribution in [0, 0.1) is 12.3 Å². The van der Waals surface area contributed by atoms with Gasteiger partial charge in [0.25, 0.3) is 0 Å². The van der Waals surface area contributed by atoms with Crippen molar-refractivity contribution in [2.75, 3.05) is 26.3 Å². The summed E-state index contributed by atoms with van der Waals surface area (Å²) in [5, 5.41) is 3.62. The van der Waals surface area contributed by atoms with Gasteiger partial charge >= 0.3 is 0 Å². The predicted molar refractivity (Wildman–Crippen MR) is 80.8 cm³/mol. The van der Waals surface area contributed by atoms with Crippen LogP contribution >= 0.6 is 11.3 Å². The summed E-state index contributed by atoms with van der Waals surface area (Å²) in [5.74, 6) is 0. The number of ether oxygens (including phenoxy) is 1. The van der Waals surface area contributed by atoms with Gasteiger partial charge < -0.3 is 10.1 Å². The molecule has 2 heterocycles. The number of aryl methyl sites for hydroxylation is 2. The highest BCUT2D eigenvalue weighted by atomic mass is 32.1. The highest BCUT2D eigenvalue weighted by Gasteiger charge is 2.32. The lowest BCUT2D eigenvalue weighted by atomic mass is 9.76. The van der Waals surface area contributed by atoms with Gasteiger partial charge in [0, 0.05) is 24.6 Å². The first-order valence-electron chi connectivity index (χ1n) is 7.43. The number of rotatable bonds is 7. The lowest BCUT2D eigenvalue weighted by Crippen LogP contribution is -2.39. The number of nitrogens with zero attached hydrogens (tertiary/aromatic N) is 1. The van der Waals surface area contributed by atoms with E-state index < -0.39 is 0 Å². The maximum atomic E-state index is 5.55. The summed E-state index contributed by atoms with van der Waals surface area (Å²) < 4.78 is 5.55. The molecule has 0 amide bonds. The second-order valence-corrected chi connectivity index (χ2v) is 6.59. The number of aromatic nitrogens is 1. The predicted octanol–water partition coefficient (Wildman–Crippen LogP) is 3.18. The Hall–Kier alpha value is -0.450. The molecule has 0 radical (unpaired) electrons. The molecule has 1 aromatic heterocycles. The van der Waals surface area contributed by atoms with Crippen LogP contribution in [0.15, 0.2) is 5.51 Å². The molecule has 19 heavy (non-hydrogen) atoms. The lowest BCUT2D eigenvalue weighted by molar-refractivity contribution is 0.0107. The summed E-state index contributed by atoms with van der Waals surface area (Å²) in [6.07, 6.45) is 6.03. The van der Waals surface area contributed by atoms with Gasteiger partial charge in [-0.2, -0.15) is 0 Å². The zero-order valence-corrected chi connectivity index (χ0v) is 13.0. The first-order valence-corrected chi connectivity index (χ1v) is 8.31. The molecule has 108 valence electrons.